The Labute approximate surface area is 146 Å². The number of nitrogens with one attached hydrogen (secondary N) is 2. The molecule has 0 saturated carbocycles. The predicted molar refractivity (Wildman–Crippen MR) is 95.8 cm³/mol. The van der Waals surface area contributed by atoms with Gasteiger partial charge in [-0.15, -0.1) is 0 Å². The maximum Gasteiger partial charge on any atom is 0.316 e. The van der Waals surface area contributed by atoms with E-state index in [1.54, 1.807) is 50.4 Å². The van der Waals surface area contributed by atoms with Crippen LogP contribution in [-0.4, -0.2) is 19.0 Å². The molecule has 1 unspecified atom stereocenters. The Balaban J connectivity index is 2.07. The van der Waals surface area contributed by atoms with Gasteiger partial charge in [-0.3, -0.25) is 4.79 Å². The molecule has 0 aliphatic heterocycles. The van der Waals surface area contributed by atoms with Gasteiger partial charge in [-0.1, -0.05) is 24.3 Å². The lowest BCUT2D eigenvalue weighted by atomic mass is 9.91. The Kier molecular flexibility index (Phi) is 5.49. The number of anilines is 1. The number of carbonyl (C=O) groups is 2. The van der Waals surface area contributed by atoms with Crippen LogP contribution in [-0.2, 0) is 16.9 Å². The number of ether oxygens (including phenoxy) is 1. The summed E-state index contributed by atoms with van der Waals surface area (Å²) in [6.07, 6.45) is 0. The van der Waals surface area contributed by atoms with Crippen LogP contribution < -0.4 is 26.8 Å². The van der Waals surface area contributed by atoms with Crippen molar-refractivity contribution in [3.8, 4) is 5.75 Å². The number of hydrogen-bond donors (Lipinski definition) is 4. The van der Waals surface area contributed by atoms with Crippen molar-refractivity contribution in [2.45, 2.75) is 19.0 Å². The lowest BCUT2D eigenvalue weighted by Crippen LogP contribution is -2.55. The van der Waals surface area contributed by atoms with Gasteiger partial charge in [0.2, 0.25) is 5.91 Å². The van der Waals surface area contributed by atoms with E-state index in [4.69, 9.17) is 16.2 Å². The number of carbonyl (C=O) groups excluding carboxylic acids is 2. The molecule has 0 spiro atoms. The van der Waals surface area contributed by atoms with E-state index in [2.05, 4.69) is 10.6 Å². The topological polar surface area (TPSA) is 119 Å². The molecule has 0 aliphatic carbocycles. The molecule has 0 heterocycles. The highest BCUT2D eigenvalue weighted by Gasteiger charge is 2.35. The summed E-state index contributed by atoms with van der Waals surface area (Å²) in [6, 6.07) is 13.4. The van der Waals surface area contributed by atoms with Crippen LogP contribution >= 0.6 is 0 Å². The van der Waals surface area contributed by atoms with Crippen LogP contribution in [0.3, 0.4) is 0 Å². The first-order valence-corrected chi connectivity index (χ1v) is 7.70. The van der Waals surface area contributed by atoms with E-state index in [-0.39, 0.29) is 0 Å². The summed E-state index contributed by atoms with van der Waals surface area (Å²) in [5.41, 5.74) is 11.9. The monoisotopic (exact) mass is 342 g/mol. The van der Waals surface area contributed by atoms with Gasteiger partial charge in [-0.05, 0) is 42.3 Å². The second kappa shape index (κ2) is 7.57. The quantitative estimate of drug-likeness (QED) is 0.594. The molecule has 0 aromatic heterocycles. The molecule has 7 heteroatoms. The van der Waals surface area contributed by atoms with Crippen molar-refractivity contribution >= 4 is 17.6 Å². The molecular weight excluding hydrogens is 320 g/mol. The third-order valence-corrected chi connectivity index (χ3v) is 3.96. The highest BCUT2D eigenvalue weighted by Crippen LogP contribution is 2.23. The molecule has 0 aliphatic rings. The fourth-order valence-corrected chi connectivity index (χ4v) is 2.29. The first kappa shape index (κ1) is 18.1. The largest absolute Gasteiger partial charge is 0.497 e. The second-order valence-corrected chi connectivity index (χ2v) is 5.77. The van der Waals surface area contributed by atoms with Gasteiger partial charge in [-0.2, -0.15) is 0 Å². The van der Waals surface area contributed by atoms with Crippen LogP contribution in [0.1, 0.15) is 18.1 Å². The van der Waals surface area contributed by atoms with E-state index >= 15 is 0 Å². The van der Waals surface area contributed by atoms with Gasteiger partial charge >= 0.3 is 6.03 Å². The minimum absolute atomic E-state index is 0.295. The van der Waals surface area contributed by atoms with Crippen molar-refractivity contribution in [3.63, 3.8) is 0 Å². The minimum Gasteiger partial charge on any atom is -0.497 e. The zero-order chi connectivity index (χ0) is 18.4. The highest BCUT2D eigenvalue weighted by molar-refractivity contribution is 5.90. The van der Waals surface area contributed by atoms with E-state index in [1.807, 2.05) is 12.1 Å². The zero-order valence-corrected chi connectivity index (χ0v) is 14.2. The maximum absolute atomic E-state index is 12.2. The van der Waals surface area contributed by atoms with E-state index in [0.29, 0.717) is 23.5 Å². The first-order valence-electron chi connectivity index (χ1n) is 7.70. The van der Waals surface area contributed by atoms with Gasteiger partial charge in [0.05, 0.1) is 7.11 Å². The molecule has 25 heavy (non-hydrogen) atoms. The molecule has 132 valence electrons. The van der Waals surface area contributed by atoms with Crippen LogP contribution in [0.5, 0.6) is 5.75 Å². The molecule has 0 bridgehead atoms. The molecule has 1 atom stereocenters. The molecule has 0 fully saturated rings. The minimum atomic E-state index is -1.35. The van der Waals surface area contributed by atoms with E-state index in [9.17, 15) is 9.59 Å². The predicted octanol–water partition coefficient (Wildman–Crippen LogP) is 1.48. The number of nitrogen functional groups attached to an aromatic ring is 1. The smallest absolute Gasteiger partial charge is 0.316 e. The molecule has 3 amide bonds. The number of hydrogen-bond acceptors (Lipinski definition) is 4. The Morgan fingerprint density at radius 1 is 1.08 bits per heavy atom. The fraction of sp³-hybridized carbons (Fsp3) is 0.222. The second-order valence-electron chi connectivity index (χ2n) is 5.77. The molecule has 2 aromatic carbocycles. The van der Waals surface area contributed by atoms with Gasteiger partial charge in [0.25, 0.3) is 0 Å². The normalized spacial score (nSPS) is 12.7. The van der Waals surface area contributed by atoms with Gasteiger partial charge in [0.15, 0.2) is 0 Å². The fourth-order valence-electron chi connectivity index (χ4n) is 2.29. The molecule has 2 rings (SSSR count). The summed E-state index contributed by atoms with van der Waals surface area (Å²) in [6.45, 7) is 1.85. The van der Waals surface area contributed by atoms with Crippen LogP contribution in [0, 0.1) is 0 Å². The SMILES string of the molecule is COc1ccc(C(C)(NC(=O)NCc2ccc(N)cc2)C(N)=O)cc1. The van der Waals surface area contributed by atoms with Gasteiger partial charge in [0.1, 0.15) is 11.3 Å². The standard InChI is InChI=1S/C18H22N4O3/c1-18(16(20)23,13-5-9-15(25-2)10-6-13)22-17(24)21-11-12-3-7-14(19)8-4-12/h3-10H,11,19H2,1-2H3,(H2,20,23)(H2,21,22,24). The first-order chi connectivity index (χ1) is 11.8. The molecule has 0 radical (unpaired) electrons. The van der Waals surface area contributed by atoms with E-state index in [0.717, 1.165) is 5.56 Å². The maximum atomic E-state index is 12.2. The molecule has 2 aromatic rings. The van der Waals surface area contributed by atoms with Crippen molar-refractivity contribution in [2.24, 2.45) is 5.73 Å². The average Bonchev–Trinajstić information content (AvgIpc) is 2.61. The van der Waals surface area contributed by atoms with Crippen LogP contribution in [0.2, 0.25) is 0 Å². The Hall–Kier alpha value is -3.22. The lowest BCUT2D eigenvalue weighted by Gasteiger charge is -2.28. The average molecular weight is 342 g/mol. The summed E-state index contributed by atoms with van der Waals surface area (Å²) in [5, 5.41) is 5.34. The number of urea groups is 1. The molecule has 6 N–H and O–H groups in total. The van der Waals surface area contributed by atoms with Crippen molar-refractivity contribution in [1.82, 2.24) is 10.6 Å². The summed E-state index contributed by atoms with van der Waals surface area (Å²) in [5.74, 6) is -0.0244. The van der Waals surface area contributed by atoms with E-state index < -0.39 is 17.5 Å². The van der Waals surface area contributed by atoms with Gasteiger partial charge in [-0.25, -0.2) is 4.79 Å². The Morgan fingerprint density at radius 3 is 2.20 bits per heavy atom. The Morgan fingerprint density at radius 2 is 1.68 bits per heavy atom. The third-order valence-electron chi connectivity index (χ3n) is 3.96. The zero-order valence-electron chi connectivity index (χ0n) is 14.2. The number of methoxy groups -OCH3 is 1. The lowest BCUT2D eigenvalue weighted by molar-refractivity contribution is -0.123. The van der Waals surface area contributed by atoms with Crippen LogP contribution in [0.15, 0.2) is 48.5 Å². The van der Waals surface area contributed by atoms with Gasteiger partial charge < -0.3 is 26.8 Å². The summed E-state index contributed by atoms with van der Waals surface area (Å²) < 4.78 is 5.09. The number of primary amides is 1. The number of nitrogens with two attached hydrogens (primary N) is 2. The molecule has 7 nitrogen and oxygen atoms in total. The van der Waals surface area contributed by atoms with E-state index in [1.165, 1.54) is 0 Å². The number of benzene rings is 2. The highest BCUT2D eigenvalue weighted by atomic mass is 16.5. The number of amides is 3. The van der Waals surface area contributed by atoms with Crippen molar-refractivity contribution in [2.75, 3.05) is 12.8 Å². The van der Waals surface area contributed by atoms with Gasteiger partial charge in [0, 0.05) is 12.2 Å². The third kappa shape index (κ3) is 4.41. The summed E-state index contributed by atoms with van der Waals surface area (Å²) in [4.78, 5) is 24.2. The Bertz CT molecular complexity index is 744. The molecule has 0 saturated heterocycles. The van der Waals surface area contributed by atoms with Crippen molar-refractivity contribution in [3.05, 3.63) is 59.7 Å². The van der Waals surface area contributed by atoms with Crippen molar-refractivity contribution in [1.29, 1.82) is 0 Å². The van der Waals surface area contributed by atoms with Crippen molar-refractivity contribution < 1.29 is 14.3 Å². The summed E-state index contributed by atoms with van der Waals surface area (Å²) >= 11 is 0. The van der Waals surface area contributed by atoms with Crippen LogP contribution in [0.25, 0.3) is 0 Å². The van der Waals surface area contributed by atoms with Crippen LogP contribution in [0.4, 0.5) is 10.5 Å². The molecular formula is C18H22N4O3. The number of rotatable bonds is 6. The summed E-state index contributed by atoms with van der Waals surface area (Å²) in [7, 11) is 1.55.